The smallest absolute Gasteiger partial charge is 0.0536 e. The Bertz CT molecular complexity index is 474. The Morgan fingerprint density at radius 3 is 2.91 bits per heavy atom. The number of benzene rings is 1. The van der Waals surface area contributed by atoms with E-state index in [9.17, 15) is 5.11 Å². The Hall–Kier alpha value is -0.940. The number of ether oxygens (including phenoxy) is 1. The summed E-state index contributed by atoms with van der Waals surface area (Å²) in [5.74, 6) is 0. The van der Waals surface area contributed by atoms with Crippen LogP contribution < -0.4 is 5.32 Å². The molecule has 0 amide bonds. The van der Waals surface area contributed by atoms with Crippen molar-refractivity contribution < 1.29 is 9.84 Å². The van der Waals surface area contributed by atoms with Crippen LogP contribution in [0.2, 0.25) is 0 Å². The maximum Gasteiger partial charge on any atom is 0.0536 e. The second kappa shape index (κ2) is 7.75. The predicted octanol–water partition coefficient (Wildman–Crippen LogP) is 2.20. The fourth-order valence-corrected chi connectivity index (χ4v) is 3.92. The van der Waals surface area contributed by atoms with Gasteiger partial charge in [-0.15, -0.1) is 0 Å². The van der Waals surface area contributed by atoms with E-state index in [0.29, 0.717) is 12.1 Å². The molecular formula is C19H30N2O2. The third kappa shape index (κ3) is 4.13. The normalized spacial score (nSPS) is 29.9. The van der Waals surface area contributed by atoms with E-state index in [0.717, 1.165) is 45.7 Å². The number of likely N-dealkylation sites (tertiary alicyclic amines) is 1. The Balaban J connectivity index is 1.50. The molecule has 0 saturated carbocycles. The highest BCUT2D eigenvalue weighted by Crippen LogP contribution is 2.32. The van der Waals surface area contributed by atoms with Gasteiger partial charge in [-0.1, -0.05) is 30.3 Å². The van der Waals surface area contributed by atoms with E-state index in [1.54, 1.807) is 0 Å². The summed E-state index contributed by atoms with van der Waals surface area (Å²) >= 11 is 0. The zero-order valence-electron chi connectivity index (χ0n) is 14.2. The van der Waals surface area contributed by atoms with Crippen molar-refractivity contribution >= 4 is 0 Å². The Morgan fingerprint density at radius 2 is 2.22 bits per heavy atom. The van der Waals surface area contributed by atoms with Crippen molar-refractivity contribution in [1.82, 2.24) is 10.2 Å². The van der Waals surface area contributed by atoms with Crippen LogP contribution in [-0.2, 0) is 4.74 Å². The maximum absolute atomic E-state index is 9.33. The van der Waals surface area contributed by atoms with Crippen LogP contribution in [0.4, 0.5) is 0 Å². The molecule has 3 atom stereocenters. The number of hydrogen-bond donors (Lipinski definition) is 2. The number of aliphatic hydroxyl groups is 1. The van der Waals surface area contributed by atoms with Gasteiger partial charge >= 0.3 is 0 Å². The first-order valence-electron chi connectivity index (χ1n) is 8.93. The molecule has 2 aliphatic rings. The number of hydrogen-bond acceptors (Lipinski definition) is 4. The fraction of sp³-hybridized carbons (Fsp3) is 0.684. The summed E-state index contributed by atoms with van der Waals surface area (Å²) in [6, 6.07) is 11.8. The largest absolute Gasteiger partial charge is 0.396 e. The van der Waals surface area contributed by atoms with E-state index >= 15 is 0 Å². The van der Waals surface area contributed by atoms with E-state index in [4.69, 9.17) is 4.74 Å². The van der Waals surface area contributed by atoms with Crippen molar-refractivity contribution in [3.05, 3.63) is 35.9 Å². The zero-order chi connectivity index (χ0) is 16.1. The van der Waals surface area contributed by atoms with Crippen molar-refractivity contribution in [2.45, 2.75) is 38.3 Å². The summed E-state index contributed by atoms with van der Waals surface area (Å²) in [5, 5.41) is 13.1. The molecule has 128 valence electrons. The number of rotatable bonds is 7. The molecule has 1 aromatic rings. The molecule has 2 fully saturated rings. The lowest BCUT2D eigenvalue weighted by molar-refractivity contribution is 0.121. The second-order valence-electron chi connectivity index (χ2n) is 7.22. The second-order valence-corrected chi connectivity index (χ2v) is 7.22. The van der Waals surface area contributed by atoms with Crippen molar-refractivity contribution in [2.24, 2.45) is 5.41 Å². The van der Waals surface area contributed by atoms with E-state index in [1.807, 2.05) is 0 Å². The van der Waals surface area contributed by atoms with Gasteiger partial charge in [-0.2, -0.15) is 0 Å². The molecule has 0 bridgehead atoms. The first-order valence-corrected chi connectivity index (χ1v) is 8.93. The average Bonchev–Trinajstić information content (AvgIpc) is 3.23. The minimum Gasteiger partial charge on any atom is -0.396 e. The molecule has 2 saturated heterocycles. The lowest BCUT2D eigenvalue weighted by Crippen LogP contribution is -2.42. The van der Waals surface area contributed by atoms with Crippen molar-refractivity contribution in [1.29, 1.82) is 0 Å². The summed E-state index contributed by atoms with van der Waals surface area (Å²) in [5.41, 5.74) is 1.54. The monoisotopic (exact) mass is 318 g/mol. The number of aliphatic hydroxyl groups excluding tert-OH is 1. The topological polar surface area (TPSA) is 44.7 Å². The first-order chi connectivity index (χ1) is 11.2. The summed E-state index contributed by atoms with van der Waals surface area (Å²) < 4.78 is 5.58. The summed E-state index contributed by atoms with van der Waals surface area (Å²) in [7, 11) is 0. The zero-order valence-corrected chi connectivity index (χ0v) is 14.2. The van der Waals surface area contributed by atoms with E-state index in [2.05, 4.69) is 47.5 Å². The van der Waals surface area contributed by atoms with Crippen molar-refractivity contribution in [3.63, 3.8) is 0 Å². The number of nitrogens with one attached hydrogen (secondary N) is 1. The SMILES string of the molecule is CC(c1ccccc1)N1CCC(NCC2(CCO)CCOC2)C1. The summed E-state index contributed by atoms with van der Waals surface area (Å²) in [6.45, 7) is 7.40. The van der Waals surface area contributed by atoms with Crippen LogP contribution in [0.1, 0.15) is 37.8 Å². The van der Waals surface area contributed by atoms with Crippen LogP contribution in [0.3, 0.4) is 0 Å². The minimum absolute atomic E-state index is 0.146. The minimum atomic E-state index is 0.146. The maximum atomic E-state index is 9.33. The first kappa shape index (κ1) is 16.9. The molecule has 4 heteroatoms. The van der Waals surface area contributed by atoms with Gasteiger partial charge in [-0.05, 0) is 31.7 Å². The molecule has 4 nitrogen and oxygen atoms in total. The lowest BCUT2D eigenvalue weighted by Gasteiger charge is -2.29. The molecule has 0 spiro atoms. The van der Waals surface area contributed by atoms with Crippen LogP contribution in [0.15, 0.2) is 30.3 Å². The molecule has 23 heavy (non-hydrogen) atoms. The van der Waals surface area contributed by atoms with Crippen LogP contribution in [0.5, 0.6) is 0 Å². The van der Waals surface area contributed by atoms with E-state index < -0.39 is 0 Å². The van der Waals surface area contributed by atoms with Crippen molar-refractivity contribution in [2.75, 3.05) is 39.5 Å². The molecule has 3 rings (SSSR count). The quantitative estimate of drug-likeness (QED) is 0.809. The Kier molecular flexibility index (Phi) is 5.70. The average molecular weight is 318 g/mol. The van der Waals surface area contributed by atoms with E-state index in [1.165, 1.54) is 12.0 Å². The van der Waals surface area contributed by atoms with Gasteiger partial charge in [-0.25, -0.2) is 0 Å². The summed E-state index contributed by atoms with van der Waals surface area (Å²) in [4.78, 5) is 2.57. The third-order valence-electron chi connectivity index (χ3n) is 5.64. The van der Waals surface area contributed by atoms with Crippen LogP contribution in [-0.4, -0.2) is 55.5 Å². The molecule has 2 heterocycles. The molecular weight excluding hydrogens is 288 g/mol. The molecule has 1 aromatic carbocycles. The molecule has 2 N–H and O–H groups in total. The highest BCUT2D eigenvalue weighted by molar-refractivity contribution is 5.18. The molecule has 0 radical (unpaired) electrons. The van der Waals surface area contributed by atoms with Crippen molar-refractivity contribution in [3.8, 4) is 0 Å². The highest BCUT2D eigenvalue weighted by atomic mass is 16.5. The van der Waals surface area contributed by atoms with Gasteiger partial charge in [0.25, 0.3) is 0 Å². The fourth-order valence-electron chi connectivity index (χ4n) is 3.92. The van der Waals surface area contributed by atoms with Crippen LogP contribution >= 0.6 is 0 Å². The van der Waals surface area contributed by atoms with Gasteiger partial charge in [0.2, 0.25) is 0 Å². The van der Waals surface area contributed by atoms with Crippen LogP contribution in [0.25, 0.3) is 0 Å². The standard InChI is InChI=1S/C19H30N2O2/c1-16(17-5-3-2-4-6-17)21-10-7-18(13-21)20-14-19(8-11-22)9-12-23-15-19/h2-6,16,18,20,22H,7-15H2,1H3. The lowest BCUT2D eigenvalue weighted by atomic mass is 9.83. The highest BCUT2D eigenvalue weighted by Gasteiger charge is 2.35. The predicted molar refractivity (Wildman–Crippen MR) is 92.4 cm³/mol. The van der Waals surface area contributed by atoms with Gasteiger partial charge in [0, 0.05) is 50.3 Å². The Morgan fingerprint density at radius 1 is 1.39 bits per heavy atom. The summed E-state index contributed by atoms with van der Waals surface area (Å²) in [6.07, 6.45) is 3.11. The van der Waals surface area contributed by atoms with E-state index in [-0.39, 0.29) is 12.0 Å². The molecule has 0 aromatic heterocycles. The molecule has 2 aliphatic heterocycles. The third-order valence-corrected chi connectivity index (χ3v) is 5.64. The molecule has 3 unspecified atom stereocenters. The van der Waals surface area contributed by atoms with Gasteiger partial charge < -0.3 is 15.2 Å². The van der Waals surface area contributed by atoms with Crippen LogP contribution in [0, 0.1) is 5.41 Å². The van der Waals surface area contributed by atoms with Gasteiger partial charge in [0.15, 0.2) is 0 Å². The van der Waals surface area contributed by atoms with Gasteiger partial charge in [0.05, 0.1) is 6.61 Å². The van der Waals surface area contributed by atoms with Gasteiger partial charge in [-0.3, -0.25) is 4.90 Å². The van der Waals surface area contributed by atoms with Gasteiger partial charge in [0.1, 0.15) is 0 Å². The molecule has 0 aliphatic carbocycles. The number of nitrogens with zero attached hydrogens (tertiary/aromatic N) is 1. The Labute approximate surface area is 139 Å².